The minimum Gasteiger partial charge on any atom is -0.494 e. The number of aromatic hydroxyl groups is 1. The maximum atomic E-state index is 13.6. The molecule has 8 heteroatoms. The third-order valence-corrected chi connectivity index (χ3v) is 8.18. The molecule has 8 nitrogen and oxygen atoms in total. The summed E-state index contributed by atoms with van der Waals surface area (Å²) in [4.78, 5) is 21.0. The average molecular weight is 540 g/mol. The zero-order chi connectivity index (χ0) is 27.9. The number of aromatic nitrogens is 1. The maximum absolute atomic E-state index is 13.6. The number of aliphatic imine (C=N–C) groups is 1. The lowest BCUT2D eigenvalue weighted by molar-refractivity contribution is -0.0161. The van der Waals surface area contributed by atoms with E-state index in [0.717, 1.165) is 43.7 Å². The van der Waals surface area contributed by atoms with Crippen molar-refractivity contribution in [1.29, 1.82) is 0 Å². The second kappa shape index (κ2) is 10.4. The van der Waals surface area contributed by atoms with Crippen LogP contribution < -0.4 is 19.8 Å². The van der Waals surface area contributed by atoms with E-state index in [0.29, 0.717) is 33.5 Å². The van der Waals surface area contributed by atoms with E-state index >= 15 is 0 Å². The topological polar surface area (TPSA) is 85.5 Å². The first-order valence-electron chi connectivity index (χ1n) is 13.5. The van der Waals surface area contributed by atoms with Crippen LogP contribution in [-0.4, -0.2) is 60.7 Å². The van der Waals surface area contributed by atoms with Crippen LogP contribution in [0.25, 0.3) is 16.5 Å². The highest BCUT2D eigenvalue weighted by Crippen LogP contribution is 2.46. The number of hydrogen-bond acceptors (Lipinski definition) is 7. The number of benzene rings is 3. The van der Waals surface area contributed by atoms with Gasteiger partial charge < -0.3 is 24.2 Å². The molecule has 1 spiro atoms. The molecule has 0 saturated carbocycles. The van der Waals surface area contributed by atoms with Crippen molar-refractivity contribution in [1.82, 2.24) is 9.47 Å². The minimum atomic E-state index is -0.334. The molecule has 1 aromatic heterocycles. The van der Waals surface area contributed by atoms with E-state index in [1.165, 1.54) is 11.7 Å². The number of likely N-dealkylation sites (tertiary alicyclic amines) is 1. The number of hydrogen-bond donors (Lipinski definition) is 1. The SMILES string of the molecule is COc1ccc(-n2c(O)c(C=NC3CC4(CCN(C)CC4)Oc4ccccc43)c3ccccc3c2=O)cc1OC. The summed E-state index contributed by atoms with van der Waals surface area (Å²) in [6.07, 6.45) is 4.33. The van der Waals surface area contributed by atoms with Gasteiger partial charge in [0.2, 0.25) is 5.88 Å². The van der Waals surface area contributed by atoms with E-state index in [4.69, 9.17) is 19.2 Å². The normalized spacial score (nSPS) is 18.5. The molecule has 1 fully saturated rings. The molecule has 0 aliphatic carbocycles. The van der Waals surface area contributed by atoms with E-state index in [-0.39, 0.29) is 23.1 Å². The predicted molar refractivity (Wildman–Crippen MR) is 156 cm³/mol. The molecule has 4 aromatic rings. The van der Waals surface area contributed by atoms with Crippen molar-refractivity contribution in [3.05, 3.63) is 88.2 Å². The molecule has 0 amide bonds. The zero-order valence-electron chi connectivity index (χ0n) is 23.0. The Balaban J connectivity index is 1.47. The molecule has 2 aliphatic heterocycles. The number of fused-ring (bicyclic) bond motifs is 2. The summed E-state index contributed by atoms with van der Waals surface area (Å²) in [7, 11) is 5.22. The van der Waals surface area contributed by atoms with Crippen LogP contribution in [0, 0.1) is 0 Å². The smallest absolute Gasteiger partial charge is 0.265 e. The van der Waals surface area contributed by atoms with Gasteiger partial charge in [-0.15, -0.1) is 0 Å². The molecule has 1 N–H and O–H groups in total. The van der Waals surface area contributed by atoms with Gasteiger partial charge >= 0.3 is 0 Å². The fraction of sp³-hybridized carbons (Fsp3) is 0.312. The molecule has 206 valence electrons. The van der Waals surface area contributed by atoms with E-state index in [2.05, 4.69) is 18.0 Å². The lowest BCUT2D eigenvalue weighted by Crippen LogP contribution is -2.49. The van der Waals surface area contributed by atoms with Crippen molar-refractivity contribution in [2.24, 2.45) is 4.99 Å². The van der Waals surface area contributed by atoms with E-state index in [1.54, 1.807) is 37.6 Å². The number of para-hydroxylation sites is 1. The highest BCUT2D eigenvalue weighted by molar-refractivity contribution is 6.01. The Morgan fingerprint density at radius 1 is 0.975 bits per heavy atom. The van der Waals surface area contributed by atoms with Crippen LogP contribution in [0.4, 0.5) is 0 Å². The van der Waals surface area contributed by atoms with Crippen LogP contribution in [0.1, 0.15) is 36.4 Å². The van der Waals surface area contributed by atoms with Crippen molar-refractivity contribution < 1.29 is 19.3 Å². The van der Waals surface area contributed by atoms with Gasteiger partial charge in [0, 0.05) is 48.1 Å². The van der Waals surface area contributed by atoms with Crippen molar-refractivity contribution >= 4 is 17.0 Å². The number of methoxy groups -OCH3 is 2. The van der Waals surface area contributed by atoms with Gasteiger partial charge in [-0.05, 0) is 44.2 Å². The number of pyridine rings is 1. The zero-order valence-corrected chi connectivity index (χ0v) is 23.0. The van der Waals surface area contributed by atoms with E-state index in [9.17, 15) is 9.90 Å². The molecule has 6 rings (SSSR count). The minimum absolute atomic E-state index is 0.145. The van der Waals surface area contributed by atoms with Gasteiger partial charge in [-0.2, -0.15) is 0 Å². The number of piperidine rings is 1. The molecule has 1 atom stereocenters. The fourth-order valence-corrected chi connectivity index (χ4v) is 5.91. The van der Waals surface area contributed by atoms with E-state index in [1.807, 2.05) is 36.4 Å². The highest BCUT2D eigenvalue weighted by atomic mass is 16.5. The lowest BCUT2D eigenvalue weighted by atomic mass is 9.81. The van der Waals surface area contributed by atoms with Crippen molar-refractivity contribution in [3.63, 3.8) is 0 Å². The molecule has 2 aliphatic rings. The summed E-state index contributed by atoms with van der Waals surface area (Å²) in [5.74, 6) is 1.66. The molecule has 40 heavy (non-hydrogen) atoms. The Labute approximate surface area is 233 Å². The highest BCUT2D eigenvalue weighted by Gasteiger charge is 2.42. The van der Waals surface area contributed by atoms with Crippen LogP contribution in [0.5, 0.6) is 23.1 Å². The third kappa shape index (κ3) is 4.48. The monoisotopic (exact) mass is 539 g/mol. The Hall–Kier alpha value is -4.30. The van der Waals surface area contributed by atoms with Gasteiger partial charge in [0.15, 0.2) is 11.5 Å². The first-order valence-corrected chi connectivity index (χ1v) is 13.5. The molecule has 3 heterocycles. The quantitative estimate of drug-likeness (QED) is 0.355. The lowest BCUT2D eigenvalue weighted by Gasteiger charge is -2.45. The Bertz CT molecular complexity index is 1650. The fourth-order valence-electron chi connectivity index (χ4n) is 5.91. The van der Waals surface area contributed by atoms with Gasteiger partial charge in [-0.3, -0.25) is 9.79 Å². The molecule has 0 radical (unpaired) electrons. The third-order valence-electron chi connectivity index (χ3n) is 8.18. The van der Waals surface area contributed by atoms with Crippen molar-refractivity contribution in [3.8, 4) is 28.8 Å². The van der Waals surface area contributed by atoms with Crippen LogP contribution >= 0.6 is 0 Å². The molecule has 3 aromatic carbocycles. The van der Waals surface area contributed by atoms with Gasteiger partial charge in [-0.1, -0.05) is 36.4 Å². The molecule has 1 saturated heterocycles. The summed E-state index contributed by atoms with van der Waals surface area (Å²) in [5, 5.41) is 12.7. The Morgan fingerprint density at radius 2 is 1.68 bits per heavy atom. The van der Waals surface area contributed by atoms with Crippen LogP contribution in [-0.2, 0) is 0 Å². The summed E-state index contributed by atoms with van der Waals surface area (Å²) in [6, 6.07) is 20.3. The number of nitrogens with zero attached hydrogens (tertiary/aromatic N) is 3. The molecule has 1 unspecified atom stereocenters. The van der Waals surface area contributed by atoms with Crippen LogP contribution in [0.2, 0.25) is 0 Å². The average Bonchev–Trinajstić information content (AvgIpc) is 2.98. The molecular formula is C32H33N3O5. The number of ether oxygens (including phenoxy) is 3. The molecule has 0 bridgehead atoms. The van der Waals surface area contributed by atoms with Crippen molar-refractivity contribution in [2.75, 3.05) is 34.4 Å². The second-order valence-electron chi connectivity index (χ2n) is 10.6. The standard InChI is InChI=1S/C32H33N3O5/c1-34-16-14-32(15-17-34)19-26(24-10-6-7-11-27(24)40-32)33-20-25-22-8-4-5-9-23(22)30(36)35(31(25)37)21-12-13-28(38-2)29(18-21)39-3/h4-13,18,20,26,37H,14-17,19H2,1-3H3. The largest absolute Gasteiger partial charge is 0.494 e. The van der Waals surface area contributed by atoms with Gasteiger partial charge in [0.25, 0.3) is 5.56 Å². The summed E-state index contributed by atoms with van der Waals surface area (Å²) in [6.45, 7) is 1.95. The first kappa shape index (κ1) is 26.0. The van der Waals surface area contributed by atoms with Gasteiger partial charge in [0.1, 0.15) is 11.4 Å². The van der Waals surface area contributed by atoms with Gasteiger partial charge in [-0.25, -0.2) is 4.57 Å². The number of rotatable bonds is 5. The predicted octanol–water partition coefficient (Wildman–Crippen LogP) is 5.12. The second-order valence-corrected chi connectivity index (χ2v) is 10.6. The van der Waals surface area contributed by atoms with Crippen molar-refractivity contribution in [2.45, 2.75) is 30.9 Å². The summed E-state index contributed by atoms with van der Waals surface area (Å²) in [5.41, 5.74) is 1.36. The summed E-state index contributed by atoms with van der Waals surface area (Å²) < 4.78 is 18.7. The Morgan fingerprint density at radius 3 is 2.42 bits per heavy atom. The van der Waals surface area contributed by atoms with Crippen LogP contribution in [0.15, 0.2) is 76.5 Å². The first-order chi connectivity index (χ1) is 19.4. The van der Waals surface area contributed by atoms with Gasteiger partial charge in [0.05, 0.1) is 31.5 Å². The summed E-state index contributed by atoms with van der Waals surface area (Å²) >= 11 is 0. The Kier molecular flexibility index (Phi) is 6.72. The van der Waals surface area contributed by atoms with Crippen LogP contribution in [0.3, 0.4) is 0 Å². The molecular weight excluding hydrogens is 506 g/mol. The van der Waals surface area contributed by atoms with E-state index < -0.39 is 0 Å². The maximum Gasteiger partial charge on any atom is 0.265 e.